The number of hydrogen-bond acceptors (Lipinski definition) is 3. The molecule has 0 aliphatic heterocycles. The summed E-state index contributed by atoms with van der Waals surface area (Å²) in [6.45, 7) is 0.652. The Kier molecular flexibility index (Phi) is 4.96. The largest absolute Gasteiger partial charge is 0.448 e. The van der Waals surface area contributed by atoms with Crippen LogP contribution in [0.4, 0.5) is 18.0 Å². The highest BCUT2D eigenvalue weighted by Gasteiger charge is 2.30. The van der Waals surface area contributed by atoms with Gasteiger partial charge in [-0.3, -0.25) is 0 Å². The van der Waals surface area contributed by atoms with E-state index in [1.165, 1.54) is 6.07 Å². The van der Waals surface area contributed by atoms with Gasteiger partial charge in [-0.15, -0.1) is 0 Å². The van der Waals surface area contributed by atoms with Gasteiger partial charge >= 0.3 is 12.3 Å². The van der Waals surface area contributed by atoms with Gasteiger partial charge in [0.05, 0.1) is 5.56 Å². The first-order chi connectivity index (χ1) is 8.39. The van der Waals surface area contributed by atoms with Gasteiger partial charge in [0, 0.05) is 13.1 Å². The summed E-state index contributed by atoms with van der Waals surface area (Å²) in [6.07, 6.45) is -5.22. The van der Waals surface area contributed by atoms with E-state index in [9.17, 15) is 18.0 Å². The van der Waals surface area contributed by atoms with Crippen molar-refractivity contribution >= 4 is 6.09 Å². The number of nitrogens with one attached hydrogen (secondary N) is 1. The molecular formula is C11H13F3N2O2. The Morgan fingerprint density at radius 2 is 2.11 bits per heavy atom. The van der Waals surface area contributed by atoms with Crippen LogP contribution in [0.25, 0.3) is 0 Å². The van der Waals surface area contributed by atoms with Crippen molar-refractivity contribution in [3.8, 4) is 0 Å². The molecule has 0 aromatic heterocycles. The molecule has 1 aromatic carbocycles. The Morgan fingerprint density at radius 1 is 1.39 bits per heavy atom. The molecule has 0 bridgehead atoms. The molecule has 0 heterocycles. The number of carbonyl (C=O) groups excluding carboxylic acids is 1. The van der Waals surface area contributed by atoms with Crippen LogP contribution in [0.15, 0.2) is 24.3 Å². The lowest BCUT2D eigenvalue weighted by Crippen LogP contribution is -2.23. The van der Waals surface area contributed by atoms with Gasteiger partial charge in [-0.25, -0.2) is 4.79 Å². The summed E-state index contributed by atoms with van der Waals surface area (Å²) >= 11 is 0. The lowest BCUT2D eigenvalue weighted by atomic mass is 10.1. The highest BCUT2D eigenvalue weighted by Crippen LogP contribution is 2.29. The molecule has 1 amide bonds. The number of alkyl halides is 3. The summed E-state index contributed by atoms with van der Waals surface area (Å²) in [7, 11) is 0. The fraction of sp³-hybridized carbons (Fsp3) is 0.364. The smallest absolute Gasteiger partial charge is 0.416 e. The van der Waals surface area contributed by atoms with Gasteiger partial charge in [0.25, 0.3) is 0 Å². The topological polar surface area (TPSA) is 64.4 Å². The number of ether oxygens (including phenoxy) is 1. The number of primary amides is 1. The van der Waals surface area contributed by atoms with Crippen LogP contribution in [0.2, 0.25) is 0 Å². The average Bonchev–Trinajstić information content (AvgIpc) is 2.27. The molecule has 0 spiro atoms. The quantitative estimate of drug-likeness (QED) is 0.796. The zero-order valence-corrected chi connectivity index (χ0v) is 9.46. The maximum absolute atomic E-state index is 12.4. The summed E-state index contributed by atoms with van der Waals surface area (Å²) in [5.74, 6) is 0. The summed E-state index contributed by atoms with van der Waals surface area (Å²) < 4.78 is 41.7. The molecular weight excluding hydrogens is 249 g/mol. The predicted molar refractivity (Wildman–Crippen MR) is 58.7 cm³/mol. The second kappa shape index (κ2) is 6.25. The second-order valence-electron chi connectivity index (χ2n) is 3.54. The molecule has 4 nitrogen and oxygen atoms in total. The van der Waals surface area contributed by atoms with E-state index in [1.807, 2.05) is 0 Å². The minimum Gasteiger partial charge on any atom is -0.448 e. The van der Waals surface area contributed by atoms with Crippen LogP contribution in [-0.2, 0) is 17.5 Å². The van der Waals surface area contributed by atoms with E-state index in [0.29, 0.717) is 12.1 Å². The van der Waals surface area contributed by atoms with Crippen molar-refractivity contribution in [3.05, 3.63) is 35.4 Å². The van der Waals surface area contributed by atoms with Gasteiger partial charge in [-0.05, 0) is 11.6 Å². The minimum absolute atomic E-state index is 0.0777. The molecule has 3 N–H and O–H groups in total. The number of amides is 1. The first kappa shape index (κ1) is 14.3. The van der Waals surface area contributed by atoms with Crippen LogP contribution < -0.4 is 11.1 Å². The molecule has 0 aliphatic rings. The Morgan fingerprint density at radius 3 is 2.72 bits per heavy atom. The number of benzene rings is 1. The fourth-order valence-electron chi connectivity index (χ4n) is 1.31. The molecule has 1 rings (SSSR count). The third-order valence-electron chi connectivity index (χ3n) is 2.11. The number of hydrogen-bond donors (Lipinski definition) is 2. The maximum atomic E-state index is 12.4. The average molecular weight is 262 g/mol. The summed E-state index contributed by atoms with van der Waals surface area (Å²) in [5, 5.41) is 2.84. The second-order valence-corrected chi connectivity index (χ2v) is 3.54. The predicted octanol–water partition coefficient (Wildman–Crippen LogP) is 1.89. The normalized spacial score (nSPS) is 11.3. The van der Waals surface area contributed by atoms with Crippen LogP contribution in [0.5, 0.6) is 0 Å². The van der Waals surface area contributed by atoms with Crippen LogP contribution >= 0.6 is 0 Å². The van der Waals surface area contributed by atoms with Crippen LogP contribution in [-0.4, -0.2) is 19.2 Å². The number of rotatable bonds is 5. The van der Waals surface area contributed by atoms with E-state index in [-0.39, 0.29) is 13.2 Å². The van der Waals surface area contributed by atoms with Gasteiger partial charge in [0.15, 0.2) is 0 Å². The summed E-state index contributed by atoms with van der Waals surface area (Å²) in [5.41, 5.74) is 4.56. The van der Waals surface area contributed by atoms with E-state index in [0.717, 1.165) is 12.1 Å². The molecule has 0 saturated carbocycles. The molecule has 0 fully saturated rings. The molecule has 0 saturated heterocycles. The van der Waals surface area contributed by atoms with Crippen LogP contribution in [0.3, 0.4) is 0 Å². The van der Waals surface area contributed by atoms with Crippen molar-refractivity contribution in [2.45, 2.75) is 12.7 Å². The van der Waals surface area contributed by atoms with Gasteiger partial charge < -0.3 is 15.8 Å². The Hall–Kier alpha value is -1.76. The Labute approximate surface area is 102 Å². The Bertz CT molecular complexity index is 408. The van der Waals surface area contributed by atoms with E-state index in [1.54, 1.807) is 6.07 Å². The van der Waals surface area contributed by atoms with Gasteiger partial charge in [-0.2, -0.15) is 13.2 Å². The monoisotopic (exact) mass is 262 g/mol. The third kappa shape index (κ3) is 5.05. The molecule has 1 aromatic rings. The zero-order chi connectivity index (χ0) is 13.6. The molecule has 0 aliphatic carbocycles. The highest BCUT2D eigenvalue weighted by atomic mass is 19.4. The summed E-state index contributed by atoms with van der Waals surface area (Å²) in [4.78, 5) is 10.2. The fourth-order valence-corrected chi connectivity index (χ4v) is 1.31. The van der Waals surface area contributed by atoms with Gasteiger partial charge in [0.2, 0.25) is 0 Å². The molecule has 0 radical (unpaired) electrons. The summed E-state index contributed by atoms with van der Waals surface area (Å²) in [6, 6.07) is 5.01. The van der Waals surface area contributed by atoms with Crippen molar-refractivity contribution in [1.29, 1.82) is 0 Å². The SMILES string of the molecule is NC(=O)OCCNCc1cccc(C(F)(F)F)c1. The van der Waals surface area contributed by atoms with Crippen molar-refractivity contribution in [2.24, 2.45) is 5.73 Å². The van der Waals surface area contributed by atoms with Crippen LogP contribution in [0, 0.1) is 0 Å². The number of halogens is 3. The Balaban J connectivity index is 2.41. The third-order valence-corrected chi connectivity index (χ3v) is 2.11. The number of carbonyl (C=O) groups is 1. The van der Waals surface area contributed by atoms with E-state index in [4.69, 9.17) is 5.73 Å². The lowest BCUT2D eigenvalue weighted by molar-refractivity contribution is -0.137. The molecule has 18 heavy (non-hydrogen) atoms. The van der Waals surface area contributed by atoms with Gasteiger partial charge in [0.1, 0.15) is 6.61 Å². The molecule has 100 valence electrons. The van der Waals surface area contributed by atoms with Crippen LogP contribution in [0.1, 0.15) is 11.1 Å². The standard InChI is InChI=1S/C11H13F3N2O2/c12-11(13,14)9-3-1-2-8(6-9)7-16-4-5-18-10(15)17/h1-3,6,16H,4-5,7H2,(H2,15,17). The van der Waals surface area contributed by atoms with E-state index < -0.39 is 17.8 Å². The highest BCUT2D eigenvalue weighted by molar-refractivity contribution is 5.64. The molecule has 0 atom stereocenters. The van der Waals surface area contributed by atoms with Gasteiger partial charge in [-0.1, -0.05) is 18.2 Å². The maximum Gasteiger partial charge on any atom is 0.416 e. The first-order valence-corrected chi connectivity index (χ1v) is 5.18. The van der Waals surface area contributed by atoms with Crippen molar-refractivity contribution in [3.63, 3.8) is 0 Å². The van der Waals surface area contributed by atoms with E-state index >= 15 is 0 Å². The molecule has 0 unspecified atom stereocenters. The van der Waals surface area contributed by atoms with Crippen molar-refractivity contribution in [2.75, 3.05) is 13.2 Å². The van der Waals surface area contributed by atoms with Crippen molar-refractivity contribution < 1.29 is 22.7 Å². The van der Waals surface area contributed by atoms with E-state index in [2.05, 4.69) is 10.1 Å². The minimum atomic E-state index is -4.34. The zero-order valence-electron chi connectivity index (χ0n) is 9.46. The lowest BCUT2D eigenvalue weighted by Gasteiger charge is -2.09. The number of nitrogens with two attached hydrogens (primary N) is 1. The first-order valence-electron chi connectivity index (χ1n) is 5.18. The molecule has 7 heteroatoms. The van der Waals surface area contributed by atoms with Crippen molar-refractivity contribution in [1.82, 2.24) is 5.32 Å².